The fourth-order valence-electron chi connectivity index (χ4n) is 2.19. The van der Waals surface area contributed by atoms with Crippen molar-refractivity contribution in [1.29, 1.82) is 0 Å². The highest BCUT2D eigenvalue weighted by molar-refractivity contribution is 9.10. The first-order valence-corrected chi connectivity index (χ1v) is 8.01. The van der Waals surface area contributed by atoms with Gasteiger partial charge in [-0.05, 0) is 51.2 Å². The third-order valence-electron chi connectivity index (χ3n) is 3.49. The molecule has 5 heteroatoms. The summed E-state index contributed by atoms with van der Waals surface area (Å²) in [6.45, 7) is 6.45. The summed E-state index contributed by atoms with van der Waals surface area (Å²) in [7, 11) is 0. The Bertz CT molecular complexity index is 808. The van der Waals surface area contributed by atoms with Crippen molar-refractivity contribution in [2.24, 2.45) is 4.99 Å². The van der Waals surface area contributed by atoms with Crippen molar-refractivity contribution in [1.82, 2.24) is 0 Å². The lowest BCUT2D eigenvalue weighted by Crippen LogP contribution is -2.11. The molecule has 1 aromatic carbocycles. The number of benzene rings is 1. The molecule has 0 bridgehead atoms. The summed E-state index contributed by atoms with van der Waals surface area (Å²) >= 11 is 3.22. The average Bonchev–Trinajstić information content (AvgIpc) is 3.05. The van der Waals surface area contributed by atoms with Crippen LogP contribution in [0.4, 0.5) is 0 Å². The molecule has 0 saturated carbocycles. The molecule has 118 valence electrons. The summed E-state index contributed by atoms with van der Waals surface area (Å²) in [4.78, 5) is 16.2. The van der Waals surface area contributed by atoms with Gasteiger partial charge in [-0.25, -0.2) is 9.79 Å². The number of carbonyl (C=O) groups excluding carboxylic acids is 1. The lowest BCUT2D eigenvalue weighted by molar-refractivity contribution is -0.129. The lowest BCUT2D eigenvalue weighted by atomic mass is 9.87. The van der Waals surface area contributed by atoms with Crippen LogP contribution in [0.3, 0.4) is 0 Å². The van der Waals surface area contributed by atoms with E-state index in [9.17, 15) is 4.79 Å². The van der Waals surface area contributed by atoms with Crippen LogP contribution in [0.5, 0.6) is 0 Å². The van der Waals surface area contributed by atoms with E-state index < -0.39 is 5.97 Å². The highest BCUT2D eigenvalue weighted by Crippen LogP contribution is 2.25. The zero-order valence-corrected chi connectivity index (χ0v) is 14.7. The van der Waals surface area contributed by atoms with Crippen LogP contribution in [0, 0.1) is 0 Å². The van der Waals surface area contributed by atoms with Gasteiger partial charge >= 0.3 is 5.97 Å². The molecule has 0 spiro atoms. The Morgan fingerprint density at radius 2 is 1.78 bits per heavy atom. The maximum Gasteiger partial charge on any atom is 0.363 e. The van der Waals surface area contributed by atoms with Gasteiger partial charge in [0.1, 0.15) is 5.76 Å². The number of ether oxygens (including phenoxy) is 1. The molecule has 3 rings (SSSR count). The molecule has 4 nitrogen and oxygen atoms in total. The summed E-state index contributed by atoms with van der Waals surface area (Å²) in [5.74, 6) is 0.372. The van der Waals surface area contributed by atoms with E-state index in [0.717, 1.165) is 5.56 Å². The van der Waals surface area contributed by atoms with Crippen molar-refractivity contribution in [3.8, 4) is 0 Å². The van der Waals surface area contributed by atoms with Gasteiger partial charge in [0.15, 0.2) is 10.4 Å². The normalized spacial score (nSPS) is 16.6. The summed E-state index contributed by atoms with van der Waals surface area (Å²) in [5, 5.41) is 0. The van der Waals surface area contributed by atoms with Crippen molar-refractivity contribution in [2.45, 2.75) is 26.2 Å². The highest BCUT2D eigenvalue weighted by atomic mass is 79.9. The number of nitrogens with zero attached hydrogens (tertiary/aromatic N) is 1. The van der Waals surface area contributed by atoms with Crippen LogP contribution in [0.1, 0.15) is 37.7 Å². The first-order valence-electron chi connectivity index (χ1n) is 7.22. The minimum atomic E-state index is -0.479. The SMILES string of the molecule is CC(C)(C)c1ccc(C2=N/C(=C/c3ccc(Br)o3)C(=O)O2)cc1. The second kappa shape index (κ2) is 5.81. The Hall–Kier alpha value is -2.14. The van der Waals surface area contributed by atoms with Gasteiger partial charge in [0.2, 0.25) is 5.90 Å². The van der Waals surface area contributed by atoms with E-state index in [1.54, 1.807) is 18.2 Å². The molecule has 0 unspecified atom stereocenters. The fraction of sp³-hybridized carbons (Fsp3) is 0.222. The third kappa shape index (κ3) is 3.45. The van der Waals surface area contributed by atoms with Gasteiger partial charge in [-0.15, -0.1) is 0 Å². The van der Waals surface area contributed by atoms with Crippen LogP contribution in [0.25, 0.3) is 6.08 Å². The zero-order valence-electron chi connectivity index (χ0n) is 13.1. The standard InChI is InChI=1S/C18H16BrNO3/c1-18(2,3)12-6-4-11(5-7-12)16-20-14(17(21)23-16)10-13-8-9-15(19)22-13/h4-10H,1-3H3/b14-10+. The predicted octanol–water partition coefficient (Wildman–Crippen LogP) is 4.68. The van der Waals surface area contributed by atoms with E-state index in [2.05, 4.69) is 41.7 Å². The molecule has 0 fully saturated rings. The molecular weight excluding hydrogens is 358 g/mol. The summed E-state index contributed by atoms with van der Waals surface area (Å²) in [5.41, 5.74) is 2.28. The van der Waals surface area contributed by atoms with Crippen LogP contribution in [-0.4, -0.2) is 11.9 Å². The van der Waals surface area contributed by atoms with E-state index in [0.29, 0.717) is 16.3 Å². The Morgan fingerprint density at radius 1 is 1.09 bits per heavy atom. The monoisotopic (exact) mass is 373 g/mol. The van der Waals surface area contributed by atoms with Crippen LogP contribution < -0.4 is 0 Å². The fourth-order valence-corrected chi connectivity index (χ4v) is 2.51. The molecule has 0 aliphatic carbocycles. The molecule has 0 radical (unpaired) electrons. The first kappa shape index (κ1) is 15.7. The molecule has 0 saturated heterocycles. The maximum atomic E-state index is 11.9. The second-order valence-electron chi connectivity index (χ2n) is 6.31. The Kier molecular flexibility index (Phi) is 3.98. The van der Waals surface area contributed by atoms with Crippen molar-refractivity contribution in [3.05, 3.63) is 63.7 Å². The van der Waals surface area contributed by atoms with Crippen molar-refractivity contribution >= 4 is 33.9 Å². The van der Waals surface area contributed by atoms with Gasteiger partial charge in [-0.1, -0.05) is 32.9 Å². The summed E-state index contributed by atoms with van der Waals surface area (Å²) in [6.07, 6.45) is 1.56. The molecule has 1 aliphatic rings. The second-order valence-corrected chi connectivity index (χ2v) is 7.09. The largest absolute Gasteiger partial charge is 0.450 e. The van der Waals surface area contributed by atoms with Crippen LogP contribution >= 0.6 is 15.9 Å². The number of cyclic esters (lactones) is 1. The zero-order chi connectivity index (χ0) is 16.6. The van der Waals surface area contributed by atoms with Gasteiger partial charge in [0, 0.05) is 11.6 Å². The molecular formula is C18H16BrNO3. The molecule has 0 N–H and O–H groups in total. The molecule has 0 amide bonds. The molecule has 2 heterocycles. The van der Waals surface area contributed by atoms with E-state index in [1.165, 1.54) is 5.56 Å². The van der Waals surface area contributed by atoms with Crippen molar-refractivity contribution in [3.63, 3.8) is 0 Å². The number of carbonyl (C=O) groups is 1. The van der Waals surface area contributed by atoms with Gasteiger partial charge in [-0.3, -0.25) is 0 Å². The van der Waals surface area contributed by atoms with Crippen LogP contribution in [-0.2, 0) is 14.9 Å². The van der Waals surface area contributed by atoms with Crippen LogP contribution in [0.15, 0.2) is 56.2 Å². The molecule has 2 aromatic rings. The number of aliphatic imine (C=N–C) groups is 1. The van der Waals surface area contributed by atoms with E-state index in [4.69, 9.17) is 9.15 Å². The number of hydrogen-bond donors (Lipinski definition) is 0. The smallest absolute Gasteiger partial charge is 0.363 e. The van der Waals surface area contributed by atoms with E-state index in [1.807, 2.05) is 24.3 Å². The number of esters is 1. The minimum absolute atomic E-state index is 0.0738. The first-order chi connectivity index (χ1) is 10.8. The number of hydrogen-bond acceptors (Lipinski definition) is 4. The van der Waals surface area contributed by atoms with Gasteiger partial charge in [0.25, 0.3) is 0 Å². The Morgan fingerprint density at radius 3 is 2.35 bits per heavy atom. The average molecular weight is 374 g/mol. The number of rotatable bonds is 2. The number of furan rings is 1. The van der Waals surface area contributed by atoms with Crippen LogP contribution in [0.2, 0.25) is 0 Å². The summed E-state index contributed by atoms with van der Waals surface area (Å²) < 4.78 is 11.2. The minimum Gasteiger partial charge on any atom is -0.450 e. The number of halogens is 1. The molecule has 23 heavy (non-hydrogen) atoms. The third-order valence-corrected chi connectivity index (χ3v) is 3.92. The van der Waals surface area contributed by atoms with Crippen molar-refractivity contribution in [2.75, 3.05) is 0 Å². The molecule has 0 atom stereocenters. The molecule has 1 aliphatic heterocycles. The highest BCUT2D eigenvalue weighted by Gasteiger charge is 2.25. The topological polar surface area (TPSA) is 51.8 Å². The quantitative estimate of drug-likeness (QED) is 0.566. The van der Waals surface area contributed by atoms with Gasteiger partial charge < -0.3 is 9.15 Å². The molecule has 1 aromatic heterocycles. The van der Waals surface area contributed by atoms with Gasteiger partial charge in [-0.2, -0.15) is 0 Å². The predicted molar refractivity (Wildman–Crippen MR) is 92.2 cm³/mol. The Labute approximate surface area is 143 Å². The van der Waals surface area contributed by atoms with Gasteiger partial charge in [0.05, 0.1) is 0 Å². The summed E-state index contributed by atoms with van der Waals surface area (Å²) in [6, 6.07) is 11.4. The maximum absolute atomic E-state index is 11.9. The lowest BCUT2D eigenvalue weighted by Gasteiger charge is -2.18. The Balaban J connectivity index is 1.88. The van der Waals surface area contributed by atoms with E-state index in [-0.39, 0.29) is 11.1 Å². The van der Waals surface area contributed by atoms with Crippen molar-refractivity contribution < 1.29 is 13.9 Å². The van der Waals surface area contributed by atoms with E-state index >= 15 is 0 Å².